The van der Waals surface area contributed by atoms with E-state index in [0.717, 1.165) is 27.1 Å². The maximum atomic E-state index is 12.4. The van der Waals surface area contributed by atoms with E-state index in [1.54, 1.807) is 18.9 Å². The number of thioether (sulfide) groups is 1. The Morgan fingerprint density at radius 1 is 1.15 bits per heavy atom. The van der Waals surface area contributed by atoms with Crippen molar-refractivity contribution in [3.05, 3.63) is 63.1 Å². The Morgan fingerprint density at radius 3 is 2.41 bits per heavy atom. The van der Waals surface area contributed by atoms with Gasteiger partial charge in [-0.1, -0.05) is 41.9 Å². The van der Waals surface area contributed by atoms with Crippen molar-refractivity contribution < 1.29 is 9.53 Å². The Bertz CT molecular complexity index is 775. The molecule has 0 aliphatic carbocycles. The molecule has 0 aliphatic heterocycles. The number of rotatable bonds is 8. The first-order valence-electron chi connectivity index (χ1n) is 9.11. The van der Waals surface area contributed by atoms with Gasteiger partial charge in [-0.25, -0.2) is 0 Å². The highest BCUT2D eigenvalue weighted by molar-refractivity contribution is 9.10. The number of hydrogen-bond acceptors (Lipinski definition) is 3. The van der Waals surface area contributed by atoms with Crippen LogP contribution in [0.4, 0.5) is 0 Å². The van der Waals surface area contributed by atoms with Crippen LogP contribution in [0.3, 0.4) is 0 Å². The van der Waals surface area contributed by atoms with Crippen LogP contribution < -0.4 is 10.1 Å². The average Bonchev–Trinajstić information content (AvgIpc) is 2.62. The smallest absolute Gasteiger partial charge is 0.230 e. The highest BCUT2D eigenvalue weighted by Crippen LogP contribution is 2.32. The molecular formula is C22H28BrNO2S. The van der Waals surface area contributed by atoms with Gasteiger partial charge in [0.25, 0.3) is 0 Å². The average molecular weight is 450 g/mol. The van der Waals surface area contributed by atoms with Gasteiger partial charge in [0.15, 0.2) is 0 Å². The molecule has 146 valence electrons. The minimum Gasteiger partial charge on any atom is -0.496 e. The summed E-state index contributed by atoms with van der Waals surface area (Å²) in [5.74, 6) is 2.62. The fourth-order valence-corrected chi connectivity index (χ4v) is 4.08. The topological polar surface area (TPSA) is 38.3 Å². The summed E-state index contributed by atoms with van der Waals surface area (Å²) in [6.07, 6.45) is 0. The van der Waals surface area contributed by atoms with E-state index in [0.29, 0.717) is 11.7 Å². The molecule has 1 N–H and O–H groups in total. The molecule has 0 spiro atoms. The largest absolute Gasteiger partial charge is 0.496 e. The normalized spacial score (nSPS) is 12.1. The monoisotopic (exact) mass is 449 g/mol. The van der Waals surface area contributed by atoms with E-state index in [2.05, 4.69) is 66.3 Å². The third-order valence-electron chi connectivity index (χ3n) is 4.50. The zero-order valence-corrected chi connectivity index (χ0v) is 19.0. The second-order valence-corrected chi connectivity index (χ2v) is 8.92. The maximum absolute atomic E-state index is 12.4. The SMILES string of the molecule is COc1cc(C)c(C(C)NC(=O)CSCc2ccc(Br)cc2)cc1C(C)C. The third kappa shape index (κ3) is 6.28. The lowest BCUT2D eigenvalue weighted by Crippen LogP contribution is -2.28. The van der Waals surface area contributed by atoms with Crippen LogP contribution in [0, 0.1) is 6.92 Å². The molecule has 0 aromatic heterocycles. The molecule has 3 nitrogen and oxygen atoms in total. The number of carbonyl (C=O) groups excluding carboxylic acids is 1. The van der Waals surface area contributed by atoms with Crippen LogP contribution in [-0.2, 0) is 10.5 Å². The van der Waals surface area contributed by atoms with Crippen LogP contribution in [0.1, 0.15) is 55.0 Å². The molecule has 0 bridgehead atoms. The number of benzene rings is 2. The molecule has 2 aromatic carbocycles. The number of nitrogens with one attached hydrogen (secondary N) is 1. The number of halogens is 1. The maximum Gasteiger partial charge on any atom is 0.230 e. The quantitative estimate of drug-likeness (QED) is 0.536. The Kier molecular flexibility index (Phi) is 8.24. The minimum absolute atomic E-state index is 0.0332. The number of amides is 1. The van der Waals surface area contributed by atoms with E-state index in [9.17, 15) is 4.79 Å². The van der Waals surface area contributed by atoms with Gasteiger partial charge in [-0.15, -0.1) is 11.8 Å². The summed E-state index contributed by atoms with van der Waals surface area (Å²) in [5, 5.41) is 3.13. The van der Waals surface area contributed by atoms with Gasteiger partial charge in [0.1, 0.15) is 5.75 Å². The molecule has 1 amide bonds. The van der Waals surface area contributed by atoms with Gasteiger partial charge >= 0.3 is 0 Å². The zero-order chi connectivity index (χ0) is 20.0. The van der Waals surface area contributed by atoms with E-state index in [-0.39, 0.29) is 11.9 Å². The highest BCUT2D eigenvalue weighted by atomic mass is 79.9. The molecule has 0 aliphatic rings. The molecule has 0 saturated heterocycles. The van der Waals surface area contributed by atoms with Gasteiger partial charge in [-0.2, -0.15) is 0 Å². The van der Waals surface area contributed by atoms with Crippen molar-refractivity contribution in [3.8, 4) is 5.75 Å². The summed E-state index contributed by atoms with van der Waals surface area (Å²) in [6, 6.07) is 12.4. The van der Waals surface area contributed by atoms with E-state index in [4.69, 9.17) is 4.74 Å². The first-order chi connectivity index (χ1) is 12.8. The van der Waals surface area contributed by atoms with E-state index in [1.807, 2.05) is 19.1 Å². The second-order valence-electron chi connectivity index (χ2n) is 7.01. The first-order valence-corrected chi connectivity index (χ1v) is 11.1. The van der Waals surface area contributed by atoms with Crippen molar-refractivity contribution >= 4 is 33.6 Å². The fourth-order valence-electron chi connectivity index (χ4n) is 3.01. The third-order valence-corrected chi connectivity index (χ3v) is 6.03. The van der Waals surface area contributed by atoms with Gasteiger partial charge in [-0.05, 0) is 66.3 Å². The van der Waals surface area contributed by atoms with Gasteiger partial charge in [0, 0.05) is 10.2 Å². The number of aryl methyl sites for hydroxylation is 1. The Hall–Kier alpha value is -1.46. The molecule has 0 saturated carbocycles. The number of ether oxygens (including phenoxy) is 1. The van der Waals surface area contributed by atoms with Gasteiger partial charge in [0.2, 0.25) is 5.91 Å². The Morgan fingerprint density at radius 2 is 1.81 bits per heavy atom. The molecule has 0 fully saturated rings. The Balaban J connectivity index is 1.95. The summed E-state index contributed by atoms with van der Waals surface area (Å²) in [6.45, 7) is 8.40. The number of carbonyl (C=O) groups is 1. The zero-order valence-electron chi connectivity index (χ0n) is 16.6. The fraction of sp³-hybridized carbons (Fsp3) is 0.409. The molecule has 5 heteroatoms. The molecule has 0 heterocycles. The van der Waals surface area contributed by atoms with Crippen molar-refractivity contribution in [2.24, 2.45) is 0 Å². The van der Waals surface area contributed by atoms with Crippen molar-refractivity contribution in [2.45, 2.75) is 45.4 Å². The van der Waals surface area contributed by atoms with Gasteiger partial charge in [0.05, 0.1) is 18.9 Å². The van der Waals surface area contributed by atoms with Crippen LogP contribution in [0.25, 0.3) is 0 Å². The van der Waals surface area contributed by atoms with E-state index >= 15 is 0 Å². The summed E-state index contributed by atoms with van der Waals surface area (Å²) in [4.78, 5) is 12.4. The van der Waals surface area contributed by atoms with Gasteiger partial charge in [-0.3, -0.25) is 4.79 Å². The van der Waals surface area contributed by atoms with Crippen LogP contribution in [-0.4, -0.2) is 18.8 Å². The van der Waals surface area contributed by atoms with Crippen LogP contribution in [0.5, 0.6) is 5.75 Å². The molecule has 2 aromatic rings. The standard InChI is InChI=1S/C22H28BrNO2S/c1-14(2)19-11-20(15(3)10-21(19)26-5)16(4)24-22(25)13-27-12-17-6-8-18(23)9-7-17/h6-11,14,16H,12-13H2,1-5H3,(H,24,25). The molecular weight excluding hydrogens is 422 g/mol. The summed E-state index contributed by atoms with van der Waals surface area (Å²) < 4.78 is 6.58. The minimum atomic E-state index is -0.0332. The molecule has 27 heavy (non-hydrogen) atoms. The van der Waals surface area contributed by atoms with Crippen LogP contribution >= 0.6 is 27.7 Å². The molecule has 2 rings (SSSR count). The Labute approximate surface area is 175 Å². The van der Waals surface area contributed by atoms with E-state index < -0.39 is 0 Å². The van der Waals surface area contributed by atoms with Crippen molar-refractivity contribution in [1.29, 1.82) is 0 Å². The summed E-state index contributed by atoms with van der Waals surface area (Å²) in [7, 11) is 1.70. The van der Waals surface area contributed by atoms with Crippen molar-refractivity contribution in [1.82, 2.24) is 5.32 Å². The summed E-state index contributed by atoms with van der Waals surface area (Å²) in [5.41, 5.74) is 4.66. The van der Waals surface area contributed by atoms with E-state index in [1.165, 1.54) is 11.1 Å². The van der Waals surface area contributed by atoms with Gasteiger partial charge < -0.3 is 10.1 Å². The predicted octanol–water partition coefficient (Wildman–Crippen LogP) is 6.00. The lowest BCUT2D eigenvalue weighted by atomic mass is 9.93. The first kappa shape index (κ1) is 21.8. The lowest BCUT2D eigenvalue weighted by molar-refractivity contribution is -0.119. The summed E-state index contributed by atoms with van der Waals surface area (Å²) >= 11 is 5.06. The van der Waals surface area contributed by atoms with Crippen molar-refractivity contribution in [3.63, 3.8) is 0 Å². The number of hydrogen-bond donors (Lipinski definition) is 1. The van der Waals surface area contributed by atoms with Crippen LogP contribution in [0.2, 0.25) is 0 Å². The lowest BCUT2D eigenvalue weighted by Gasteiger charge is -2.21. The number of methoxy groups -OCH3 is 1. The molecule has 1 unspecified atom stereocenters. The predicted molar refractivity (Wildman–Crippen MR) is 119 cm³/mol. The van der Waals surface area contributed by atoms with Crippen molar-refractivity contribution in [2.75, 3.05) is 12.9 Å². The van der Waals surface area contributed by atoms with Crippen LogP contribution in [0.15, 0.2) is 40.9 Å². The molecule has 0 radical (unpaired) electrons. The highest BCUT2D eigenvalue weighted by Gasteiger charge is 2.16. The second kappa shape index (κ2) is 10.2. The molecule has 1 atom stereocenters.